The Balaban J connectivity index is 2.17. The molecule has 1 aromatic rings. The van der Waals surface area contributed by atoms with Crippen LogP contribution in [0.2, 0.25) is 0 Å². The van der Waals surface area contributed by atoms with Gasteiger partial charge in [-0.2, -0.15) is 26.3 Å². The maximum absolute atomic E-state index is 12.7. The molecule has 1 aliphatic rings. The van der Waals surface area contributed by atoms with E-state index in [-0.39, 0.29) is 12.6 Å². The predicted molar refractivity (Wildman–Crippen MR) is 71.5 cm³/mol. The van der Waals surface area contributed by atoms with Crippen molar-refractivity contribution in [3.05, 3.63) is 29.3 Å². The molecule has 1 amide bonds. The fourth-order valence-electron chi connectivity index (χ4n) is 2.30. The Morgan fingerprint density at radius 3 is 1.96 bits per heavy atom. The molecule has 2 rings (SSSR count). The molecule has 1 fully saturated rings. The highest BCUT2D eigenvalue weighted by Crippen LogP contribution is 2.37. The van der Waals surface area contributed by atoms with E-state index in [4.69, 9.17) is 4.74 Å². The number of halogens is 6. The third kappa shape index (κ3) is 5.10. The number of morpholine rings is 1. The van der Waals surface area contributed by atoms with Crippen LogP contribution in [0.25, 0.3) is 0 Å². The summed E-state index contributed by atoms with van der Waals surface area (Å²) >= 11 is 0. The summed E-state index contributed by atoms with van der Waals surface area (Å²) in [5.41, 5.74) is -3.47. The first-order valence-electron chi connectivity index (χ1n) is 7.06. The fourth-order valence-corrected chi connectivity index (χ4v) is 2.30. The van der Waals surface area contributed by atoms with Crippen LogP contribution in [0.5, 0.6) is 0 Å². The Hall–Kier alpha value is -1.81. The number of hydrogen-bond donors (Lipinski definition) is 2. The molecule has 0 saturated carbocycles. The second kappa shape index (κ2) is 6.98. The summed E-state index contributed by atoms with van der Waals surface area (Å²) in [6.45, 7) is 1.93. The van der Waals surface area contributed by atoms with Gasteiger partial charge in [-0.25, -0.2) is 0 Å². The third-order valence-electron chi connectivity index (χ3n) is 3.48. The van der Waals surface area contributed by atoms with Gasteiger partial charge < -0.3 is 15.0 Å². The van der Waals surface area contributed by atoms with Crippen molar-refractivity contribution in [2.75, 3.05) is 38.2 Å². The number of quaternary nitrogens is 1. The van der Waals surface area contributed by atoms with E-state index in [0.29, 0.717) is 38.4 Å². The molecule has 1 aliphatic heterocycles. The quantitative estimate of drug-likeness (QED) is 0.807. The zero-order chi connectivity index (χ0) is 18.0. The molecule has 1 aromatic carbocycles. The molecule has 0 atom stereocenters. The fraction of sp³-hybridized carbons (Fsp3) is 0.500. The number of rotatable bonds is 3. The summed E-state index contributed by atoms with van der Waals surface area (Å²) in [4.78, 5) is 12.7. The molecule has 10 heteroatoms. The molecule has 2 N–H and O–H groups in total. The highest BCUT2D eigenvalue weighted by atomic mass is 19.4. The number of carbonyl (C=O) groups excluding carboxylic acids is 1. The normalized spacial score (nSPS) is 16.9. The summed E-state index contributed by atoms with van der Waals surface area (Å²) in [7, 11) is 0. The third-order valence-corrected chi connectivity index (χ3v) is 3.48. The standard InChI is InChI=1S/C14H14F6N2O2/c15-13(16,17)9-5-10(14(18,19)20)7-11(6-9)21-12(23)8-22-1-3-24-4-2-22/h5-7H,1-4,8H2,(H,21,23)/p+1. The van der Waals surface area contributed by atoms with Crippen molar-refractivity contribution in [1.29, 1.82) is 0 Å². The maximum Gasteiger partial charge on any atom is 0.416 e. The van der Waals surface area contributed by atoms with Crippen LogP contribution in [0.15, 0.2) is 18.2 Å². The lowest BCUT2D eigenvalue weighted by Crippen LogP contribution is -3.15. The molecule has 24 heavy (non-hydrogen) atoms. The average Bonchev–Trinajstić information content (AvgIpc) is 2.46. The average molecular weight is 357 g/mol. The number of nitrogens with one attached hydrogen (secondary N) is 2. The van der Waals surface area contributed by atoms with Gasteiger partial charge in [0.15, 0.2) is 6.54 Å². The minimum Gasteiger partial charge on any atom is -0.370 e. The molecule has 0 spiro atoms. The van der Waals surface area contributed by atoms with Crippen LogP contribution in [0, 0.1) is 0 Å². The number of carbonyl (C=O) groups is 1. The lowest BCUT2D eigenvalue weighted by atomic mass is 10.1. The summed E-state index contributed by atoms with van der Waals surface area (Å²) in [5, 5.41) is 2.11. The molecular weight excluding hydrogens is 342 g/mol. The minimum atomic E-state index is -4.95. The molecule has 4 nitrogen and oxygen atoms in total. The smallest absolute Gasteiger partial charge is 0.370 e. The van der Waals surface area contributed by atoms with E-state index >= 15 is 0 Å². The van der Waals surface area contributed by atoms with Crippen LogP contribution in [0.1, 0.15) is 11.1 Å². The van der Waals surface area contributed by atoms with E-state index in [9.17, 15) is 31.1 Å². The largest absolute Gasteiger partial charge is 0.416 e. The van der Waals surface area contributed by atoms with Crippen LogP contribution in [-0.4, -0.2) is 38.8 Å². The Kier molecular flexibility index (Phi) is 5.38. The van der Waals surface area contributed by atoms with Crippen LogP contribution < -0.4 is 10.2 Å². The van der Waals surface area contributed by atoms with Gasteiger partial charge in [0, 0.05) is 5.69 Å². The molecule has 0 aromatic heterocycles. The molecule has 134 valence electrons. The lowest BCUT2D eigenvalue weighted by molar-refractivity contribution is -0.899. The van der Waals surface area contributed by atoms with Crippen LogP contribution in [0.3, 0.4) is 0 Å². The predicted octanol–water partition coefficient (Wildman–Crippen LogP) is 1.58. The minimum absolute atomic E-state index is 0.0167. The summed E-state index contributed by atoms with van der Waals surface area (Å²) in [6.07, 6.45) is -9.90. The van der Waals surface area contributed by atoms with E-state index in [2.05, 4.69) is 5.32 Å². The SMILES string of the molecule is O=C(C[NH+]1CCOCC1)Nc1cc(C(F)(F)F)cc(C(F)(F)F)c1. The zero-order valence-corrected chi connectivity index (χ0v) is 12.4. The zero-order valence-electron chi connectivity index (χ0n) is 12.4. The van der Waals surface area contributed by atoms with Crippen LogP contribution in [0.4, 0.5) is 32.0 Å². The number of anilines is 1. The van der Waals surface area contributed by atoms with Gasteiger partial charge in [0.25, 0.3) is 5.91 Å². The van der Waals surface area contributed by atoms with Gasteiger partial charge in [0.2, 0.25) is 0 Å². The van der Waals surface area contributed by atoms with E-state index < -0.39 is 35.1 Å². The molecule has 0 unspecified atom stereocenters. The van der Waals surface area contributed by atoms with Crippen molar-refractivity contribution in [2.45, 2.75) is 12.4 Å². The first-order valence-corrected chi connectivity index (χ1v) is 7.06. The first kappa shape index (κ1) is 18.5. The van der Waals surface area contributed by atoms with Crippen molar-refractivity contribution in [3.63, 3.8) is 0 Å². The van der Waals surface area contributed by atoms with E-state index in [1.807, 2.05) is 0 Å². The van der Waals surface area contributed by atoms with Crippen molar-refractivity contribution in [1.82, 2.24) is 0 Å². The molecule has 0 radical (unpaired) electrons. The second-order valence-electron chi connectivity index (χ2n) is 5.38. The van der Waals surface area contributed by atoms with Gasteiger partial charge >= 0.3 is 12.4 Å². The number of benzene rings is 1. The first-order chi connectivity index (χ1) is 11.1. The van der Waals surface area contributed by atoms with E-state index in [1.165, 1.54) is 0 Å². The number of ether oxygens (including phenoxy) is 1. The molecule has 0 bridgehead atoms. The van der Waals surface area contributed by atoms with Crippen molar-refractivity contribution in [2.24, 2.45) is 0 Å². The van der Waals surface area contributed by atoms with Crippen molar-refractivity contribution < 1.29 is 40.8 Å². The maximum atomic E-state index is 12.7. The van der Waals surface area contributed by atoms with E-state index in [0.717, 1.165) is 4.90 Å². The number of hydrogen-bond acceptors (Lipinski definition) is 2. The van der Waals surface area contributed by atoms with Crippen molar-refractivity contribution >= 4 is 11.6 Å². The van der Waals surface area contributed by atoms with Crippen LogP contribution >= 0.6 is 0 Å². The summed E-state index contributed by atoms with van der Waals surface area (Å²) in [5.74, 6) is -0.653. The molecule has 1 saturated heterocycles. The monoisotopic (exact) mass is 357 g/mol. The Labute approximate surface area is 133 Å². The second-order valence-corrected chi connectivity index (χ2v) is 5.38. The van der Waals surface area contributed by atoms with Gasteiger partial charge in [-0.15, -0.1) is 0 Å². The Bertz CT molecular complexity index is 562. The highest BCUT2D eigenvalue weighted by molar-refractivity contribution is 5.91. The van der Waals surface area contributed by atoms with Gasteiger partial charge in [0.1, 0.15) is 13.1 Å². The molecular formula is C14H15F6N2O2+. The lowest BCUT2D eigenvalue weighted by Gasteiger charge is -2.23. The number of amides is 1. The van der Waals surface area contributed by atoms with Crippen LogP contribution in [-0.2, 0) is 21.9 Å². The highest BCUT2D eigenvalue weighted by Gasteiger charge is 2.37. The topological polar surface area (TPSA) is 42.8 Å². The van der Waals surface area contributed by atoms with Gasteiger partial charge in [0.05, 0.1) is 24.3 Å². The van der Waals surface area contributed by atoms with Gasteiger partial charge in [-0.3, -0.25) is 4.79 Å². The number of alkyl halides is 6. The van der Waals surface area contributed by atoms with Gasteiger partial charge in [-0.05, 0) is 18.2 Å². The Morgan fingerprint density at radius 2 is 1.50 bits per heavy atom. The van der Waals surface area contributed by atoms with E-state index in [1.54, 1.807) is 0 Å². The Morgan fingerprint density at radius 1 is 1.00 bits per heavy atom. The van der Waals surface area contributed by atoms with Crippen molar-refractivity contribution in [3.8, 4) is 0 Å². The van der Waals surface area contributed by atoms with Gasteiger partial charge in [-0.1, -0.05) is 0 Å². The summed E-state index contributed by atoms with van der Waals surface area (Å²) < 4.78 is 81.6. The molecule has 1 heterocycles. The molecule has 0 aliphatic carbocycles. The summed E-state index contributed by atoms with van der Waals surface area (Å²) in [6, 6.07) is 0.993.